The summed E-state index contributed by atoms with van der Waals surface area (Å²) in [5, 5.41) is 2.94. The highest BCUT2D eigenvalue weighted by atomic mass is 31.2. The van der Waals surface area contributed by atoms with Crippen molar-refractivity contribution in [3.8, 4) is 0 Å². The van der Waals surface area contributed by atoms with Gasteiger partial charge in [0.05, 0.1) is 17.9 Å². The van der Waals surface area contributed by atoms with Crippen molar-refractivity contribution in [1.29, 1.82) is 0 Å². The van der Waals surface area contributed by atoms with Gasteiger partial charge < -0.3 is 14.4 Å². The maximum Gasteiger partial charge on any atom is 0.336 e. The van der Waals surface area contributed by atoms with Gasteiger partial charge in [0.1, 0.15) is 0 Å². The van der Waals surface area contributed by atoms with E-state index >= 15 is 0 Å². The van der Waals surface area contributed by atoms with Crippen LogP contribution in [-0.4, -0.2) is 31.0 Å². The quantitative estimate of drug-likeness (QED) is 0.723. The van der Waals surface area contributed by atoms with E-state index in [9.17, 15) is 4.57 Å². The predicted molar refractivity (Wildman–Crippen MR) is 63.8 cm³/mol. The molecule has 0 radical (unpaired) electrons. The third-order valence-electron chi connectivity index (χ3n) is 3.37. The Morgan fingerprint density at radius 1 is 1.38 bits per heavy atom. The molecule has 0 aliphatic carbocycles. The van der Waals surface area contributed by atoms with E-state index in [1.807, 2.05) is 20.8 Å². The van der Waals surface area contributed by atoms with E-state index in [0.29, 0.717) is 12.5 Å². The summed E-state index contributed by atoms with van der Waals surface area (Å²) in [4.78, 5) is 0. The van der Waals surface area contributed by atoms with Crippen LogP contribution < -0.4 is 5.32 Å². The van der Waals surface area contributed by atoms with Crippen LogP contribution in [0.2, 0.25) is 0 Å². The highest BCUT2D eigenvalue weighted by Crippen LogP contribution is 2.64. The fraction of sp³-hybridized carbons (Fsp3) is 1.00. The lowest BCUT2D eigenvalue weighted by atomic mass is 9.94. The molecule has 2 aliphatic rings. The first-order valence-electron chi connectivity index (χ1n) is 6.06. The van der Waals surface area contributed by atoms with Crippen molar-refractivity contribution in [3.63, 3.8) is 0 Å². The Morgan fingerprint density at radius 3 is 2.62 bits per heavy atom. The maximum atomic E-state index is 12.4. The molecule has 3 unspecified atom stereocenters. The predicted octanol–water partition coefficient (Wildman–Crippen LogP) is 2.39. The molecular weight excluding hydrogens is 225 g/mol. The summed E-state index contributed by atoms with van der Waals surface area (Å²) in [7, 11) is -2.90. The smallest absolute Gasteiger partial charge is 0.316 e. The van der Waals surface area contributed by atoms with Crippen LogP contribution in [0, 0.1) is 5.92 Å². The summed E-state index contributed by atoms with van der Waals surface area (Å²) in [6.45, 7) is 8.26. The van der Waals surface area contributed by atoms with Gasteiger partial charge >= 0.3 is 7.60 Å². The molecule has 4 nitrogen and oxygen atoms in total. The van der Waals surface area contributed by atoms with Crippen LogP contribution in [0.1, 0.15) is 33.6 Å². The average molecular weight is 247 g/mol. The minimum Gasteiger partial charge on any atom is -0.316 e. The molecule has 2 saturated heterocycles. The fourth-order valence-electron chi connectivity index (χ4n) is 2.18. The van der Waals surface area contributed by atoms with Gasteiger partial charge in [-0.15, -0.1) is 0 Å². The zero-order valence-electron chi connectivity index (χ0n) is 10.4. The number of piperidine rings is 1. The topological polar surface area (TPSA) is 47.6 Å². The molecule has 5 heteroatoms. The minimum absolute atomic E-state index is 0.0119. The van der Waals surface area contributed by atoms with E-state index in [4.69, 9.17) is 9.05 Å². The molecule has 2 aliphatic heterocycles. The third-order valence-corrected chi connectivity index (χ3v) is 6.05. The molecule has 0 aromatic rings. The van der Waals surface area contributed by atoms with Crippen LogP contribution in [0.4, 0.5) is 0 Å². The number of nitrogens with one attached hydrogen (secondary N) is 1. The van der Waals surface area contributed by atoms with Crippen molar-refractivity contribution >= 4 is 7.60 Å². The van der Waals surface area contributed by atoms with Crippen LogP contribution >= 0.6 is 7.60 Å². The lowest BCUT2D eigenvalue weighted by Crippen LogP contribution is -2.37. The summed E-state index contributed by atoms with van der Waals surface area (Å²) in [5.74, 6) is 0.451. The minimum atomic E-state index is -2.90. The zero-order chi connectivity index (χ0) is 11.8. The van der Waals surface area contributed by atoms with Crippen molar-refractivity contribution in [2.45, 2.75) is 44.9 Å². The van der Waals surface area contributed by atoms with Gasteiger partial charge in [0.25, 0.3) is 0 Å². The van der Waals surface area contributed by atoms with E-state index in [1.165, 1.54) is 6.42 Å². The normalized spacial score (nSPS) is 41.2. The molecule has 0 spiro atoms. The van der Waals surface area contributed by atoms with E-state index in [0.717, 1.165) is 19.5 Å². The van der Waals surface area contributed by atoms with Gasteiger partial charge in [-0.25, -0.2) is 0 Å². The fourth-order valence-corrected chi connectivity index (χ4v) is 3.88. The Balaban J connectivity index is 1.99. The van der Waals surface area contributed by atoms with Gasteiger partial charge in [-0.05, 0) is 40.2 Å². The number of hydrogen-bond donors (Lipinski definition) is 1. The zero-order valence-corrected chi connectivity index (χ0v) is 11.3. The molecule has 3 atom stereocenters. The molecule has 2 rings (SSSR count). The molecule has 94 valence electrons. The van der Waals surface area contributed by atoms with Crippen LogP contribution in [0.25, 0.3) is 0 Å². The van der Waals surface area contributed by atoms with Crippen LogP contribution in [-0.2, 0) is 13.6 Å². The van der Waals surface area contributed by atoms with Gasteiger partial charge in [-0.2, -0.15) is 0 Å². The third kappa shape index (κ3) is 2.35. The monoisotopic (exact) mass is 247 g/mol. The van der Waals surface area contributed by atoms with Crippen molar-refractivity contribution in [1.82, 2.24) is 5.32 Å². The second-order valence-corrected chi connectivity index (χ2v) is 8.52. The van der Waals surface area contributed by atoms with Gasteiger partial charge in [0.2, 0.25) is 0 Å². The Kier molecular flexibility index (Phi) is 3.47. The second-order valence-electron chi connectivity index (χ2n) is 5.71. The van der Waals surface area contributed by atoms with Crippen molar-refractivity contribution in [2.24, 2.45) is 5.92 Å². The van der Waals surface area contributed by atoms with Crippen molar-refractivity contribution < 1.29 is 13.6 Å². The lowest BCUT2D eigenvalue weighted by molar-refractivity contribution is 0.135. The molecule has 1 N–H and O–H groups in total. The molecule has 16 heavy (non-hydrogen) atoms. The van der Waals surface area contributed by atoms with E-state index < -0.39 is 12.8 Å². The summed E-state index contributed by atoms with van der Waals surface area (Å²) < 4.78 is 23.6. The second kappa shape index (κ2) is 4.41. The molecule has 2 heterocycles. The first kappa shape index (κ1) is 12.6. The Labute approximate surface area is 97.6 Å². The Bertz CT molecular complexity index is 294. The maximum absolute atomic E-state index is 12.4. The summed E-state index contributed by atoms with van der Waals surface area (Å²) in [6.07, 6.45) is 2.33. The van der Waals surface area contributed by atoms with Crippen molar-refractivity contribution in [3.05, 3.63) is 0 Å². The number of rotatable bonds is 1. The van der Waals surface area contributed by atoms with Gasteiger partial charge in [-0.1, -0.05) is 0 Å². The first-order chi connectivity index (χ1) is 7.42. The average Bonchev–Trinajstić information content (AvgIpc) is 2.63. The molecule has 0 amide bonds. The largest absolute Gasteiger partial charge is 0.336 e. The SMILES string of the molecule is CC(C)(C)P1(=O)OCC(C2CCCNC2)O1. The highest BCUT2D eigenvalue weighted by Gasteiger charge is 2.48. The summed E-state index contributed by atoms with van der Waals surface area (Å²) >= 11 is 0. The highest BCUT2D eigenvalue weighted by molar-refractivity contribution is 7.55. The van der Waals surface area contributed by atoms with E-state index in [-0.39, 0.29) is 6.10 Å². The van der Waals surface area contributed by atoms with Crippen LogP contribution in [0.15, 0.2) is 0 Å². The van der Waals surface area contributed by atoms with E-state index in [1.54, 1.807) is 0 Å². The molecule has 2 fully saturated rings. The molecule has 0 saturated carbocycles. The van der Waals surface area contributed by atoms with Gasteiger partial charge in [0.15, 0.2) is 0 Å². The molecule has 0 aromatic carbocycles. The summed E-state index contributed by atoms with van der Waals surface area (Å²) in [5.41, 5.74) is 0. The van der Waals surface area contributed by atoms with Gasteiger partial charge in [0, 0.05) is 12.5 Å². The van der Waals surface area contributed by atoms with Crippen molar-refractivity contribution in [2.75, 3.05) is 19.7 Å². The Hall–Kier alpha value is 0.110. The standard InChI is InChI=1S/C11H22NO3P/c1-11(2,3)16(13)14-8-10(15-16)9-5-4-6-12-7-9/h9-10,12H,4-8H2,1-3H3. The molecular formula is C11H22NO3P. The number of hydrogen-bond acceptors (Lipinski definition) is 4. The Morgan fingerprint density at radius 2 is 2.12 bits per heavy atom. The van der Waals surface area contributed by atoms with Gasteiger partial charge in [-0.3, -0.25) is 4.57 Å². The summed E-state index contributed by atoms with van der Waals surface area (Å²) in [6, 6.07) is 0. The lowest BCUT2D eigenvalue weighted by Gasteiger charge is -2.28. The first-order valence-corrected chi connectivity index (χ1v) is 7.60. The molecule has 0 aromatic heterocycles. The van der Waals surface area contributed by atoms with Crippen LogP contribution in [0.5, 0.6) is 0 Å². The van der Waals surface area contributed by atoms with E-state index in [2.05, 4.69) is 5.32 Å². The van der Waals surface area contributed by atoms with Crippen LogP contribution in [0.3, 0.4) is 0 Å². The molecule has 0 bridgehead atoms.